The summed E-state index contributed by atoms with van der Waals surface area (Å²) in [7, 11) is 3.25. The van der Waals surface area contributed by atoms with Gasteiger partial charge in [0.05, 0.1) is 19.3 Å². The fraction of sp³-hybridized carbons (Fsp3) is 0.750. The molecule has 2 aliphatic heterocycles. The maximum Gasteiger partial charge on any atom is 0.320 e. The van der Waals surface area contributed by atoms with Gasteiger partial charge in [0, 0.05) is 27.2 Å². The smallest absolute Gasteiger partial charge is 0.320 e. The molecule has 0 saturated carbocycles. The monoisotopic (exact) mass is 285 g/mol. The van der Waals surface area contributed by atoms with Crippen molar-refractivity contribution in [3.05, 3.63) is 0 Å². The number of carbonyl (C=O) groups excluding carboxylic acids is 2. The normalized spacial score (nSPS) is 26.8. The van der Waals surface area contributed by atoms with Gasteiger partial charge in [-0.3, -0.25) is 9.59 Å². The van der Waals surface area contributed by atoms with Crippen molar-refractivity contribution < 1.29 is 24.2 Å². The van der Waals surface area contributed by atoms with Crippen molar-refractivity contribution in [2.45, 2.75) is 6.04 Å². The second kappa shape index (κ2) is 5.66. The number of urea groups is 1. The lowest BCUT2D eigenvalue weighted by molar-refractivity contribution is -0.143. The van der Waals surface area contributed by atoms with E-state index in [9.17, 15) is 14.4 Å². The molecule has 2 rings (SSSR count). The molecule has 8 nitrogen and oxygen atoms in total. The zero-order valence-corrected chi connectivity index (χ0v) is 11.6. The maximum absolute atomic E-state index is 12.3. The Labute approximate surface area is 116 Å². The molecule has 3 amide bonds. The first-order valence-electron chi connectivity index (χ1n) is 6.48. The van der Waals surface area contributed by atoms with Gasteiger partial charge in [0.1, 0.15) is 12.5 Å². The highest BCUT2D eigenvalue weighted by Crippen LogP contribution is 2.20. The number of hydrogen-bond acceptors (Lipinski definition) is 4. The Balaban J connectivity index is 2.01. The molecule has 2 aliphatic rings. The van der Waals surface area contributed by atoms with Crippen molar-refractivity contribution in [3.8, 4) is 0 Å². The first-order valence-corrected chi connectivity index (χ1v) is 6.48. The highest BCUT2D eigenvalue weighted by molar-refractivity contribution is 5.85. The lowest BCUT2D eigenvalue weighted by Crippen LogP contribution is -2.56. The molecule has 0 spiro atoms. The number of piperazine rings is 1. The number of nitrogens with zero attached hydrogens (tertiary/aromatic N) is 3. The Hall–Kier alpha value is -1.83. The van der Waals surface area contributed by atoms with E-state index in [2.05, 4.69) is 0 Å². The van der Waals surface area contributed by atoms with Crippen molar-refractivity contribution in [2.75, 3.05) is 46.9 Å². The van der Waals surface area contributed by atoms with Crippen molar-refractivity contribution in [3.63, 3.8) is 0 Å². The average Bonchev–Trinajstić information content (AvgIpc) is 2.89. The predicted molar refractivity (Wildman–Crippen MR) is 68.1 cm³/mol. The summed E-state index contributed by atoms with van der Waals surface area (Å²) in [5, 5.41) is 9.11. The topological polar surface area (TPSA) is 90.4 Å². The van der Waals surface area contributed by atoms with Crippen LogP contribution in [-0.2, 0) is 14.3 Å². The molecule has 20 heavy (non-hydrogen) atoms. The molecule has 0 bridgehead atoms. The zero-order valence-electron chi connectivity index (χ0n) is 11.6. The third kappa shape index (κ3) is 2.69. The Morgan fingerprint density at radius 1 is 1.35 bits per heavy atom. The molecule has 112 valence electrons. The van der Waals surface area contributed by atoms with Crippen LogP contribution in [0.15, 0.2) is 0 Å². The van der Waals surface area contributed by atoms with E-state index in [-0.39, 0.29) is 31.7 Å². The summed E-state index contributed by atoms with van der Waals surface area (Å²) in [5.74, 6) is -1.80. The van der Waals surface area contributed by atoms with E-state index in [1.807, 2.05) is 0 Å². The quantitative estimate of drug-likeness (QED) is 0.696. The fourth-order valence-corrected chi connectivity index (χ4v) is 2.45. The van der Waals surface area contributed by atoms with Crippen LogP contribution < -0.4 is 0 Å². The van der Waals surface area contributed by atoms with E-state index < -0.39 is 17.9 Å². The van der Waals surface area contributed by atoms with Crippen molar-refractivity contribution in [1.82, 2.24) is 14.7 Å². The molecule has 2 unspecified atom stereocenters. The Morgan fingerprint density at radius 3 is 2.65 bits per heavy atom. The first kappa shape index (κ1) is 14.6. The average molecular weight is 285 g/mol. The van der Waals surface area contributed by atoms with Crippen LogP contribution in [0.5, 0.6) is 0 Å². The molecule has 0 radical (unpaired) electrons. The number of amides is 3. The lowest BCUT2D eigenvalue weighted by atomic mass is 10.0. The Bertz CT molecular complexity index is 427. The van der Waals surface area contributed by atoms with Gasteiger partial charge < -0.3 is 24.5 Å². The van der Waals surface area contributed by atoms with E-state index in [0.717, 1.165) is 0 Å². The minimum absolute atomic E-state index is 0.0327. The summed E-state index contributed by atoms with van der Waals surface area (Å²) in [6, 6.07) is -0.817. The van der Waals surface area contributed by atoms with E-state index >= 15 is 0 Å². The molecular weight excluding hydrogens is 266 g/mol. The van der Waals surface area contributed by atoms with E-state index in [4.69, 9.17) is 9.84 Å². The molecular formula is C12H19N3O5. The van der Waals surface area contributed by atoms with Crippen molar-refractivity contribution in [1.29, 1.82) is 0 Å². The standard InChI is InChI=1S/C12H19N3O5/c1-13-3-4-15(5-10(13)16)12(19)14(2)9-7-20-6-8(9)11(17)18/h8-9H,3-7H2,1-2H3,(H,17,18). The van der Waals surface area contributed by atoms with E-state index in [0.29, 0.717) is 13.1 Å². The summed E-state index contributed by atoms with van der Waals surface area (Å²) in [4.78, 5) is 39.5. The molecule has 2 saturated heterocycles. The third-order valence-corrected chi connectivity index (χ3v) is 3.89. The van der Waals surface area contributed by atoms with Gasteiger partial charge in [-0.1, -0.05) is 0 Å². The molecule has 0 aromatic heterocycles. The van der Waals surface area contributed by atoms with Crippen LogP contribution in [0.2, 0.25) is 0 Å². The van der Waals surface area contributed by atoms with Crippen LogP contribution in [-0.4, -0.2) is 90.7 Å². The lowest BCUT2D eigenvalue weighted by Gasteiger charge is -2.36. The molecule has 2 heterocycles. The molecule has 0 aromatic carbocycles. The molecule has 2 atom stereocenters. The maximum atomic E-state index is 12.3. The molecule has 8 heteroatoms. The second-order valence-corrected chi connectivity index (χ2v) is 5.18. The minimum atomic E-state index is -0.971. The van der Waals surface area contributed by atoms with Crippen LogP contribution in [0.4, 0.5) is 4.79 Å². The van der Waals surface area contributed by atoms with Gasteiger partial charge >= 0.3 is 12.0 Å². The largest absolute Gasteiger partial charge is 0.481 e. The summed E-state index contributed by atoms with van der Waals surface area (Å²) in [6.45, 7) is 1.30. The molecule has 0 aliphatic carbocycles. The number of hydrogen-bond donors (Lipinski definition) is 1. The number of likely N-dealkylation sites (N-methyl/N-ethyl adjacent to an activating group) is 2. The number of ether oxygens (including phenoxy) is 1. The molecule has 0 aromatic rings. The minimum Gasteiger partial charge on any atom is -0.481 e. The fourth-order valence-electron chi connectivity index (χ4n) is 2.45. The van der Waals surface area contributed by atoms with Crippen LogP contribution in [0.1, 0.15) is 0 Å². The van der Waals surface area contributed by atoms with E-state index in [1.54, 1.807) is 19.0 Å². The van der Waals surface area contributed by atoms with Gasteiger partial charge in [0.15, 0.2) is 0 Å². The number of carbonyl (C=O) groups is 3. The van der Waals surface area contributed by atoms with Gasteiger partial charge in [-0.2, -0.15) is 0 Å². The Kier molecular flexibility index (Phi) is 4.12. The van der Waals surface area contributed by atoms with Gasteiger partial charge in [0.2, 0.25) is 5.91 Å². The van der Waals surface area contributed by atoms with Gasteiger partial charge in [-0.05, 0) is 0 Å². The van der Waals surface area contributed by atoms with E-state index in [1.165, 1.54) is 9.80 Å². The number of carboxylic acids is 1. The second-order valence-electron chi connectivity index (χ2n) is 5.18. The van der Waals surface area contributed by atoms with Crippen LogP contribution in [0, 0.1) is 5.92 Å². The van der Waals surface area contributed by atoms with Gasteiger partial charge in [0.25, 0.3) is 0 Å². The number of carboxylic acid groups (broad SMARTS) is 1. The number of aliphatic carboxylic acids is 1. The van der Waals surface area contributed by atoms with Crippen LogP contribution >= 0.6 is 0 Å². The Morgan fingerprint density at radius 2 is 2.05 bits per heavy atom. The summed E-state index contributed by atoms with van der Waals surface area (Å²) >= 11 is 0. The van der Waals surface area contributed by atoms with Crippen molar-refractivity contribution in [2.24, 2.45) is 5.92 Å². The van der Waals surface area contributed by atoms with Crippen molar-refractivity contribution >= 4 is 17.9 Å². The summed E-state index contributed by atoms with van der Waals surface area (Å²) in [5.41, 5.74) is 0. The number of rotatable bonds is 2. The highest BCUT2D eigenvalue weighted by Gasteiger charge is 2.40. The van der Waals surface area contributed by atoms with Crippen LogP contribution in [0.3, 0.4) is 0 Å². The first-order chi connectivity index (χ1) is 9.41. The SMILES string of the molecule is CN1CCN(C(=O)N(C)C2COCC2C(=O)O)CC1=O. The third-order valence-electron chi connectivity index (χ3n) is 3.89. The van der Waals surface area contributed by atoms with Gasteiger partial charge in [-0.15, -0.1) is 0 Å². The van der Waals surface area contributed by atoms with Crippen LogP contribution in [0.25, 0.3) is 0 Å². The van der Waals surface area contributed by atoms with Gasteiger partial charge in [-0.25, -0.2) is 4.79 Å². The molecule has 2 fully saturated rings. The predicted octanol–water partition coefficient (Wildman–Crippen LogP) is -1.09. The highest BCUT2D eigenvalue weighted by atomic mass is 16.5. The molecule has 1 N–H and O–H groups in total. The summed E-state index contributed by atoms with van der Waals surface area (Å²) in [6.07, 6.45) is 0. The summed E-state index contributed by atoms with van der Waals surface area (Å²) < 4.78 is 5.16. The zero-order chi connectivity index (χ0) is 14.9.